The second kappa shape index (κ2) is 11.0. The molecule has 3 aliphatic rings. The molecule has 2 N–H and O–H groups in total. The predicted molar refractivity (Wildman–Crippen MR) is 157 cm³/mol. The van der Waals surface area contributed by atoms with Gasteiger partial charge in [-0.25, -0.2) is 8.42 Å². The summed E-state index contributed by atoms with van der Waals surface area (Å²) >= 11 is 6.10. The molecule has 1 spiro atoms. The molecule has 2 fully saturated rings. The van der Waals surface area contributed by atoms with Crippen molar-refractivity contribution in [2.24, 2.45) is 0 Å². The van der Waals surface area contributed by atoms with Crippen LogP contribution in [0.2, 0.25) is 5.02 Å². The summed E-state index contributed by atoms with van der Waals surface area (Å²) in [5, 5.41) is 6.99. The third-order valence-electron chi connectivity index (χ3n) is 8.64. The SMILES string of the molecule is CN1CCNC(C(=O)NC(C)(Cc2ccc(Cl)cc2)C(=O)N2CCC3(CC2)CN(S(C)(=O)=O)c2ccccc23)C1. The van der Waals surface area contributed by atoms with Crippen LogP contribution < -0.4 is 14.9 Å². The Morgan fingerprint density at radius 3 is 2.42 bits per heavy atom. The third kappa shape index (κ3) is 5.72. The van der Waals surface area contributed by atoms with E-state index in [4.69, 9.17) is 11.6 Å². The minimum atomic E-state index is -3.42. The van der Waals surface area contributed by atoms with E-state index in [1.54, 1.807) is 19.1 Å². The number of piperazine rings is 1. The van der Waals surface area contributed by atoms with Crippen LogP contribution >= 0.6 is 11.6 Å². The number of likely N-dealkylation sites (N-methyl/N-ethyl adjacent to an activating group) is 1. The van der Waals surface area contributed by atoms with Crippen LogP contribution in [0.3, 0.4) is 0 Å². The van der Waals surface area contributed by atoms with E-state index >= 15 is 0 Å². The lowest BCUT2D eigenvalue weighted by Gasteiger charge is -2.43. The quantitative estimate of drug-likeness (QED) is 0.536. The fraction of sp³-hybridized carbons (Fsp3) is 0.517. The van der Waals surface area contributed by atoms with Gasteiger partial charge in [-0.1, -0.05) is 41.9 Å². The number of nitrogens with zero attached hydrogens (tertiary/aromatic N) is 3. The lowest BCUT2D eigenvalue weighted by atomic mass is 9.74. The van der Waals surface area contributed by atoms with Gasteiger partial charge in [0.15, 0.2) is 0 Å². The van der Waals surface area contributed by atoms with Crippen LogP contribution in [0.1, 0.15) is 30.9 Å². The van der Waals surface area contributed by atoms with Crippen molar-refractivity contribution in [1.82, 2.24) is 20.4 Å². The highest BCUT2D eigenvalue weighted by Gasteiger charge is 2.49. The summed E-state index contributed by atoms with van der Waals surface area (Å²) in [7, 11) is -1.44. The Morgan fingerprint density at radius 2 is 1.77 bits per heavy atom. The number of hydrogen-bond acceptors (Lipinski definition) is 6. The Kier molecular flexibility index (Phi) is 7.91. The lowest BCUT2D eigenvalue weighted by Crippen LogP contribution is -2.65. The first-order chi connectivity index (χ1) is 18.9. The van der Waals surface area contributed by atoms with Crippen molar-refractivity contribution in [2.45, 2.75) is 43.2 Å². The van der Waals surface area contributed by atoms with Gasteiger partial charge in [-0.15, -0.1) is 0 Å². The highest BCUT2D eigenvalue weighted by Crippen LogP contribution is 2.48. The normalized spacial score (nSPS) is 22.6. The van der Waals surface area contributed by atoms with E-state index < -0.39 is 21.6 Å². The first kappa shape index (κ1) is 28.9. The molecule has 0 radical (unpaired) electrons. The zero-order valence-electron chi connectivity index (χ0n) is 23.3. The summed E-state index contributed by atoms with van der Waals surface area (Å²) in [4.78, 5) is 31.5. The third-order valence-corrected chi connectivity index (χ3v) is 10.0. The number of hydrogen-bond donors (Lipinski definition) is 2. The first-order valence-corrected chi connectivity index (χ1v) is 16.0. The number of amides is 2. The summed E-state index contributed by atoms with van der Waals surface area (Å²) in [5.74, 6) is -0.334. The zero-order valence-corrected chi connectivity index (χ0v) is 24.9. The molecule has 2 aromatic rings. The number of carbonyl (C=O) groups excluding carboxylic acids is 2. The van der Waals surface area contributed by atoms with Crippen LogP contribution in [0, 0.1) is 0 Å². The fourth-order valence-electron chi connectivity index (χ4n) is 6.41. The summed E-state index contributed by atoms with van der Waals surface area (Å²) in [6, 6.07) is 14.6. The standard InChI is InChI=1S/C29H38ClN5O4S/c1-28(18-21-8-10-22(30)11-9-21,32-26(36)24-19-33(2)17-14-31-24)27(37)34-15-12-29(13-16-34)20-35(40(3,38)39)25-7-5-4-6-23(25)29/h4-11,24,31H,12-20H2,1-3H3,(H,32,36). The van der Waals surface area contributed by atoms with Gasteiger partial charge in [0.05, 0.1) is 18.0 Å². The van der Waals surface area contributed by atoms with Crippen LogP contribution in [-0.2, 0) is 31.4 Å². The maximum atomic E-state index is 14.2. The van der Waals surface area contributed by atoms with E-state index in [1.807, 2.05) is 48.3 Å². The molecule has 0 aromatic heterocycles. The number of sulfonamides is 1. The number of carbonyl (C=O) groups is 2. The maximum Gasteiger partial charge on any atom is 0.248 e. The summed E-state index contributed by atoms with van der Waals surface area (Å²) in [6.07, 6.45) is 2.85. The second-order valence-corrected chi connectivity index (χ2v) is 14.1. The highest BCUT2D eigenvalue weighted by atomic mass is 35.5. The van der Waals surface area contributed by atoms with Crippen molar-refractivity contribution < 1.29 is 18.0 Å². The van der Waals surface area contributed by atoms with E-state index in [2.05, 4.69) is 15.5 Å². The van der Waals surface area contributed by atoms with Gasteiger partial charge in [0.1, 0.15) is 5.54 Å². The van der Waals surface area contributed by atoms with E-state index in [1.165, 1.54) is 10.6 Å². The topological polar surface area (TPSA) is 102 Å². The van der Waals surface area contributed by atoms with Gasteiger partial charge in [-0.2, -0.15) is 0 Å². The van der Waals surface area contributed by atoms with Gasteiger partial charge < -0.3 is 20.4 Å². The molecule has 2 aromatic carbocycles. The number of anilines is 1. The second-order valence-electron chi connectivity index (χ2n) is 11.8. The van der Waals surface area contributed by atoms with Gasteiger partial charge in [0.25, 0.3) is 0 Å². The number of rotatable bonds is 6. The van der Waals surface area contributed by atoms with Gasteiger partial charge in [-0.05, 0) is 56.1 Å². The summed E-state index contributed by atoms with van der Waals surface area (Å²) < 4.78 is 26.7. The molecule has 3 heterocycles. The van der Waals surface area contributed by atoms with Crippen molar-refractivity contribution in [3.8, 4) is 0 Å². The highest BCUT2D eigenvalue weighted by molar-refractivity contribution is 7.92. The molecular formula is C29H38ClN5O4S. The van der Waals surface area contributed by atoms with Gasteiger partial charge in [0.2, 0.25) is 21.8 Å². The fourth-order valence-corrected chi connectivity index (χ4v) is 7.53. The molecule has 40 heavy (non-hydrogen) atoms. The van der Waals surface area contributed by atoms with E-state index in [0.717, 1.165) is 23.4 Å². The summed E-state index contributed by atoms with van der Waals surface area (Å²) in [5.41, 5.74) is 1.14. The minimum Gasteiger partial charge on any atom is -0.341 e. The molecule has 0 bridgehead atoms. The first-order valence-electron chi connectivity index (χ1n) is 13.8. The molecule has 9 nitrogen and oxygen atoms in total. The number of halogens is 1. The Bertz CT molecular complexity index is 1380. The van der Waals surface area contributed by atoms with Crippen LogP contribution in [0.15, 0.2) is 48.5 Å². The van der Waals surface area contributed by atoms with Crippen LogP contribution in [0.5, 0.6) is 0 Å². The lowest BCUT2D eigenvalue weighted by molar-refractivity contribution is -0.143. The monoisotopic (exact) mass is 587 g/mol. The minimum absolute atomic E-state index is 0.138. The Morgan fingerprint density at radius 1 is 1.10 bits per heavy atom. The largest absolute Gasteiger partial charge is 0.341 e. The molecule has 3 aliphatic heterocycles. The van der Waals surface area contributed by atoms with Gasteiger partial charge in [0, 0.05) is 56.1 Å². The van der Waals surface area contributed by atoms with Gasteiger partial charge in [-0.3, -0.25) is 13.9 Å². The number of nitrogens with one attached hydrogen (secondary N) is 2. The van der Waals surface area contributed by atoms with E-state index in [9.17, 15) is 18.0 Å². The van der Waals surface area contributed by atoms with Crippen LogP contribution in [0.25, 0.3) is 0 Å². The predicted octanol–water partition coefficient (Wildman–Crippen LogP) is 2.00. The Labute approximate surface area is 241 Å². The van der Waals surface area contributed by atoms with Crippen molar-refractivity contribution in [3.63, 3.8) is 0 Å². The smallest absolute Gasteiger partial charge is 0.248 e. The van der Waals surface area contributed by atoms with Crippen molar-refractivity contribution in [2.75, 3.05) is 56.9 Å². The average Bonchev–Trinajstić information content (AvgIpc) is 3.24. The Balaban J connectivity index is 1.36. The van der Waals surface area contributed by atoms with Crippen molar-refractivity contribution in [3.05, 3.63) is 64.7 Å². The molecular weight excluding hydrogens is 550 g/mol. The summed E-state index contributed by atoms with van der Waals surface area (Å²) in [6.45, 7) is 5.26. The number of benzene rings is 2. The molecule has 5 rings (SSSR count). The van der Waals surface area contributed by atoms with Crippen molar-refractivity contribution in [1.29, 1.82) is 0 Å². The Hall–Kier alpha value is -2.66. The molecule has 0 aliphatic carbocycles. The molecule has 2 saturated heterocycles. The van der Waals surface area contributed by atoms with Crippen molar-refractivity contribution >= 4 is 39.1 Å². The average molecular weight is 588 g/mol. The van der Waals surface area contributed by atoms with Crippen LogP contribution in [-0.4, -0.2) is 94.2 Å². The molecule has 2 unspecified atom stereocenters. The zero-order chi connectivity index (χ0) is 28.7. The number of fused-ring (bicyclic) bond motifs is 2. The number of piperidine rings is 1. The molecule has 0 saturated carbocycles. The maximum absolute atomic E-state index is 14.2. The van der Waals surface area contributed by atoms with E-state index in [-0.39, 0.29) is 17.2 Å². The van der Waals surface area contributed by atoms with E-state index in [0.29, 0.717) is 57.0 Å². The molecule has 11 heteroatoms. The number of para-hydroxylation sites is 1. The molecule has 216 valence electrons. The molecule has 2 atom stereocenters. The van der Waals surface area contributed by atoms with Crippen LogP contribution in [0.4, 0.5) is 5.69 Å². The van der Waals surface area contributed by atoms with Gasteiger partial charge >= 0.3 is 0 Å². The number of likely N-dealkylation sites (tertiary alicyclic amines) is 1. The molecule has 2 amide bonds.